The molecule has 0 saturated heterocycles. The van der Waals surface area contributed by atoms with Crippen LogP contribution in [0.1, 0.15) is 45.3 Å². The Morgan fingerprint density at radius 1 is 1.30 bits per heavy atom. The molecule has 2 fully saturated rings. The lowest BCUT2D eigenvalue weighted by Crippen LogP contribution is -2.47. The molecule has 2 N–H and O–H groups in total. The van der Waals surface area contributed by atoms with Gasteiger partial charge in [-0.2, -0.15) is 0 Å². The minimum absolute atomic E-state index is 0.367. The van der Waals surface area contributed by atoms with Gasteiger partial charge in [0, 0.05) is 18.6 Å². The number of nitrogens with zero attached hydrogens (tertiary/aromatic N) is 1. The summed E-state index contributed by atoms with van der Waals surface area (Å²) >= 11 is 0. The number of rotatable bonds is 5. The van der Waals surface area contributed by atoms with Crippen molar-refractivity contribution in [3.05, 3.63) is 24.2 Å². The second-order valence-corrected chi connectivity index (χ2v) is 7.12. The molecule has 3 rings (SSSR count). The highest BCUT2D eigenvalue weighted by molar-refractivity contribution is 5.00. The highest BCUT2D eigenvalue weighted by atomic mass is 16.3. The molecule has 112 valence electrons. The van der Waals surface area contributed by atoms with Crippen LogP contribution in [0.25, 0.3) is 0 Å². The molecule has 2 aliphatic rings. The number of hydrogen-bond donors (Lipinski definition) is 1. The van der Waals surface area contributed by atoms with Crippen molar-refractivity contribution >= 4 is 0 Å². The topological polar surface area (TPSA) is 42.4 Å². The minimum atomic E-state index is 0.367. The molecule has 20 heavy (non-hydrogen) atoms. The fraction of sp³-hybridized carbons (Fsp3) is 0.765. The van der Waals surface area contributed by atoms with E-state index in [4.69, 9.17) is 10.2 Å². The van der Waals surface area contributed by atoms with Crippen molar-refractivity contribution in [3.63, 3.8) is 0 Å². The van der Waals surface area contributed by atoms with Crippen LogP contribution in [0.5, 0.6) is 0 Å². The van der Waals surface area contributed by atoms with E-state index in [0.717, 1.165) is 36.7 Å². The van der Waals surface area contributed by atoms with E-state index >= 15 is 0 Å². The van der Waals surface area contributed by atoms with Crippen molar-refractivity contribution in [1.82, 2.24) is 4.90 Å². The van der Waals surface area contributed by atoms with Gasteiger partial charge in [0.1, 0.15) is 5.76 Å². The summed E-state index contributed by atoms with van der Waals surface area (Å²) in [6.07, 6.45) is 6.98. The first-order chi connectivity index (χ1) is 9.63. The molecule has 3 heteroatoms. The van der Waals surface area contributed by atoms with E-state index in [-0.39, 0.29) is 0 Å². The van der Waals surface area contributed by atoms with Crippen LogP contribution in [-0.4, -0.2) is 23.5 Å². The van der Waals surface area contributed by atoms with Gasteiger partial charge < -0.3 is 10.2 Å². The Kier molecular flexibility index (Phi) is 4.18. The average molecular weight is 276 g/mol. The Hall–Kier alpha value is -0.800. The van der Waals surface area contributed by atoms with E-state index in [1.807, 2.05) is 6.07 Å². The van der Waals surface area contributed by atoms with Crippen LogP contribution in [0.3, 0.4) is 0 Å². The predicted octanol–water partition coefficient (Wildman–Crippen LogP) is 3.25. The summed E-state index contributed by atoms with van der Waals surface area (Å²) in [7, 11) is 0. The van der Waals surface area contributed by atoms with E-state index in [1.165, 1.54) is 25.7 Å². The third kappa shape index (κ3) is 3.26. The van der Waals surface area contributed by atoms with Gasteiger partial charge in [-0.3, -0.25) is 4.90 Å². The maximum atomic E-state index is 6.45. The van der Waals surface area contributed by atoms with Gasteiger partial charge in [-0.25, -0.2) is 0 Å². The lowest BCUT2D eigenvalue weighted by atomic mass is 9.72. The predicted molar refractivity (Wildman–Crippen MR) is 81.2 cm³/mol. The maximum absolute atomic E-state index is 6.45. The largest absolute Gasteiger partial charge is 0.468 e. The van der Waals surface area contributed by atoms with Crippen LogP contribution in [0.15, 0.2) is 22.8 Å². The third-order valence-corrected chi connectivity index (χ3v) is 5.18. The lowest BCUT2D eigenvalue weighted by molar-refractivity contribution is 0.105. The average Bonchev–Trinajstić information content (AvgIpc) is 3.10. The first-order valence-corrected chi connectivity index (χ1v) is 8.15. The molecule has 0 bridgehead atoms. The van der Waals surface area contributed by atoms with Crippen molar-refractivity contribution in [2.45, 2.75) is 58.2 Å². The van der Waals surface area contributed by atoms with Crippen molar-refractivity contribution < 1.29 is 4.42 Å². The summed E-state index contributed by atoms with van der Waals surface area (Å²) in [5.74, 6) is 3.26. The van der Waals surface area contributed by atoms with Crippen LogP contribution in [0.2, 0.25) is 0 Å². The maximum Gasteiger partial charge on any atom is 0.117 e. The van der Waals surface area contributed by atoms with Crippen molar-refractivity contribution in [1.29, 1.82) is 0 Å². The monoisotopic (exact) mass is 276 g/mol. The molecular formula is C17H28N2O. The zero-order valence-corrected chi connectivity index (χ0v) is 12.8. The van der Waals surface area contributed by atoms with Crippen LogP contribution >= 0.6 is 0 Å². The quantitative estimate of drug-likeness (QED) is 0.897. The van der Waals surface area contributed by atoms with Crippen LogP contribution in [0, 0.1) is 17.8 Å². The van der Waals surface area contributed by atoms with Gasteiger partial charge in [0.15, 0.2) is 0 Å². The molecule has 4 unspecified atom stereocenters. The third-order valence-electron chi connectivity index (χ3n) is 5.18. The first-order valence-electron chi connectivity index (χ1n) is 8.15. The molecule has 1 aromatic rings. The fourth-order valence-electron chi connectivity index (χ4n) is 3.94. The summed E-state index contributed by atoms with van der Waals surface area (Å²) in [6.45, 7) is 6.82. The molecule has 0 amide bonds. The highest BCUT2D eigenvalue weighted by Gasteiger charge is 2.37. The highest BCUT2D eigenvalue weighted by Crippen LogP contribution is 2.36. The molecule has 1 heterocycles. The molecule has 1 aromatic heterocycles. The van der Waals surface area contributed by atoms with Gasteiger partial charge in [0.25, 0.3) is 0 Å². The van der Waals surface area contributed by atoms with Crippen molar-refractivity contribution in [2.75, 3.05) is 6.54 Å². The zero-order valence-electron chi connectivity index (χ0n) is 12.8. The first kappa shape index (κ1) is 14.2. The smallest absolute Gasteiger partial charge is 0.117 e. The van der Waals surface area contributed by atoms with Gasteiger partial charge >= 0.3 is 0 Å². The summed E-state index contributed by atoms with van der Waals surface area (Å²) in [6, 6.07) is 5.20. The van der Waals surface area contributed by atoms with Gasteiger partial charge in [0.2, 0.25) is 0 Å². The number of hydrogen-bond acceptors (Lipinski definition) is 3. The van der Waals surface area contributed by atoms with Crippen molar-refractivity contribution in [3.8, 4) is 0 Å². The number of furan rings is 1. The Morgan fingerprint density at radius 2 is 2.10 bits per heavy atom. The summed E-state index contributed by atoms with van der Waals surface area (Å²) < 4.78 is 5.53. The van der Waals surface area contributed by atoms with Gasteiger partial charge in [-0.1, -0.05) is 13.8 Å². The SMILES string of the molecule is CC1CC(C)C(CN(Cc2ccco2)C2CC2)C(N)C1. The molecule has 0 aromatic carbocycles. The molecule has 0 spiro atoms. The molecule has 3 nitrogen and oxygen atoms in total. The fourth-order valence-corrected chi connectivity index (χ4v) is 3.94. The molecular weight excluding hydrogens is 248 g/mol. The Labute approximate surface area is 122 Å². The van der Waals surface area contributed by atoms with E-state index in [2.05, 4.69) is 24.8 Å². The van der Waals surface area contributed by atoms with Gasteiger partial charge in [-0.15, -0.1) is 0 Å². The summed E-state index contributed by atoms with van der Waals surface area (Å²) in [5.41, 5.74) is 6.45. The van der Waals surface area contributed by atoms with Gasteiger partial charge in [-0.05, 0) is 55.6 Å². The molecule has 0 aliphatic heterocycles. The molecule has 2 saturated carbocycles. The van der Waals surface area contributed by atoms with E-state index in [9.17, 15) is 0 Å². The van der Waals surface area contributed by atoms with Crippen LogP contribution in [0.4, 0.5) is 0 Å². The Balaban J connectivity index is 1.63. The minimum Gasteiger partial charge on any atom is -0.468 e. The van der Waals surface area contributed by atoms with Gasteiger partial charge in [0.05, 0.1) is 12.8 Å². The standard InChI is InChI=1S/C17H28N2O/c1-12-8-13(2)16(17(18)9-12)11-19(14-5-6-14)10-15-4-3-7-20-15/h3-4,7,12-14,16-17H,5-6,8-11,18H2,1-2H3. The Bertz CT molecular complexity index is 401. The Morgan fingerprint density at radius 3 is 2.70 bits per heavy atom. The van der Waals surface area contributed by atoms with Crippen LogP contribution in [-0.2, 0) is 6.54 Å². The van der Waals surface area contributed by atoms with E-state index < -0.39 is 0 Å². The second kappa shape index (κ2) is 5.90. The zero-order chi connectivity index (χ0) is 14.1. The van der Waals surface area contributed by atoms with Crippen molar-refractivity contribution in [2.24, 2.45) is 23.5 Å². The second-order valence-electron chi connectivity index (χ2n) is 7.12. The summed E-state index contributed by atoms with van der Waals surface area (Å²) in [4.78, 5) is 2.61. The number of nitrogens with two attached hydrogens (primary N) is 1. The van der Waals surface area contributed by atoms with Crippen LogP contribution < -0.4 is 5.73 Å². The lowest BCUT2D eigenvalue weighted by Gasteiger charge is -2.40. The van der Waals surface area contributed by atoms with E-state index in [0.29, 0.717) is 12.0 Å². The molecule has 4 atom stereocenters. The molecule has 2 aliphatic carbocycles. The molecule has 0 radical (unpaired) electrons. The van der Waals surface area contributed by atoms with E-state index in [1.54, 1.807) is 6.26 Å². The normalized spacial score (nSPS) is 34.6. The summed E-state index contributed by atoms with van der Waals surface area (Å²) in [5, 5.41) is 0.